The van der Waals surface area contributed by atoms with Crippen molar-refractivity contribution in [3.8, 4) is 0 Å². The van der Waals surface area contributed by atoms with E-state index in [-0.39, 0.29) is 5.54 Å². The summed E-state index contributed by atoms with van der Waals surface area (Å²) in [5.74, 6) is 1.77. The number of aromatic nitrogens is 2. The Morgan fingerprint density at radius 1 is 1.28 bits per heavy atom. The van der Waals surface area contributed by atoms with Crippen LogP contribution >= 0.6 is 0 Å². The van der Waals surface area contributed by atoms with Crippen LogP contribution in [0.4, 0.5) is 5.82 Å². The zero-order chi connectivity index (χ0) is 13.0. The summed E-state index contributed by atoms with van der Waals surface area (Å²) < 4.78 is 0. The van der Waals surface area contributed by atoms with Gasteiger partial charge in [-0.25, -0.2) is 9.97 Å². The Morgan fingerprint density at radius 3 is 2.61 bits per heavy atom. The van der Waals surface area contributed by atoms with E-state index >= 15 is 0 Å². The van der Waals surface area contributed by atoms with Crippen molar-refractivity contribution < 1.29 is 0 Å². The van der Waals surface area contributed by atoms with Crippen LogP contribution in [0.1, 0.15) is 50.5 Å². The topological polar surface area (TPSA) is 63.8 Å². The smallest absolute Gasteiger partial charge is 0.130 e. The molecule has 0 amide bonds. The van der Waals surface area contributed by atoms with Crippen LogP contribution in [0.15, 0.2) is 6.07 Å². The lowest BCUT2D eigenvalue weighted by molar-refractivity contribution is 0.330. The van der Waals surface area contributed by atoms with Crippen molar-refractivity contribution in [2.75, 3.05) is 11.9 Å². The maximum atomic E-state index is 5.99. The molecule has 1 saturated carbocycles. The fraction of sp³-hybridized carbons (Fsp3) is 0.714. The van der Waals surface area contributed by atoms with Gasteiger partial charge in [0.2, 0.25) is 0 Å². The number of nitrogens with one attached hydrogen (secondary N) is 1. The number of nitrogens with two attached hydrogens (primary N) is 1. The van der Waals surface area contributed by atoms with Gasteiger partial charge in [0.05, 0.1) is 5.54 Å². The summed E-state index contributed by atoms with van der Waals surface area (Å²) in [6.45, 7) is 4.74. The summed E-state index contributed by atoms with van der Waals surface area (Å²) in [6.07, 6.45) is 7.08. The lowest BCUT2D eigenvalue weighted by Gasteiger charge is -2.37. The second-order valence-electron chi connectivity index (χ2n) is 5.32. The highest BCUT2D eigenvalue weighted by Gasteiger charge is 2.30. The molecule has 0 spiro atoms. The van der Waals surface area contributed by atoms with E-state index in [9.17, 15) is 0 Å². The Hall–Kier alpha value is -1.16. The zero-order valence-electron chi connectivity index (χ0n) is 11.5. The molecule has 1 heterocycles. The molecule has 1 aromatic rings. The van der Waals surface area contributed by atoms with Crippen molar-refractivity contribution in [2.45, 2.75) is 57.9 Å². The molecule has 18 heavy (non-hydrogen) atoms. The lowest BCUT2D eigenvalue weighted by atomic mass is 9.81. The maximum Gasteiger partial charge on any atom is 0.130 e. The number of hydrogen-bond acceptors (Lipinski definition) is 4. The molecule has 0 saturated heterocycles. The number of rotatable bonds is 4. The summed E-state index contributed by atoms with van der Waals surface area (Å²) >= 11 is 0. The molecule has 0 unspecified atom stereocenters. The van der Waals surface area contributed by atoms with Gasteiger partial charge in [-0.15, -0.1) is 0 Å². The Balaban J connectivity index is 2.18. The van der Waals surface area contributed by atoms with Crippen LogP contribution in [-0.4, -0.2) is 22.1 Å². The SMILES string of the molecule is CCc1cc(NC2(CN)CCCCC2)nc(C)n1. The third-order valence-corrected chi connectivity index (χ3v) is 3.85. The molecule has 0 bridgehead atoms. The molecule has 1 fully saturated rings. The Morgan fingerprint density at radius 2 is 2.00 bits per heavy atom. The van der Waals surface area contributed by atoms with Gasteiger partial charge in [0.15, 0.2) is 0 Å². The highest BCUT2D eigenvalue weighted by atomic mass is 15.1. The third-order valence-electron chi connectivity index (χ3n) is 3.85. The lowest BCUT2D eigenvalue weighted by Crippen LogP contribution is -2.47. The van der Waals surface area contributed by atoms with E-state index in [1.54, 1.807) is 0 Å². The van der Waals surface area contributed by atoms with E-state index in [0.717, 1.165) is 36.6 Å². The minimum absolute atomic E-state index is 0.0457. The minimum Gasteiger partial charge on any atom is -0.363 e. The average molecular weight is 248 g/mol. The number of aryl methyl sites for hydroxylation is 2. The van der Waals surface area contributed by atoms with Gasteiger partial charge in [-0.1, -0.05) is 26.2 Å². The van der Waals surface area contributed by atoms with Gasteiger partial charge in [-0.05, 0) is 26.2 Å². The number of anilines is 1. The first kappa shape index (κ1) is 13.3. The molecular formula is C14H24N4. The molecule has 3 N–H and O–H groups in total. The van der Waals surface area contributed by atoms with E-state index in [0.29, 0.717) is 6.54 Å². The van der Waals surface area contributed by atoms with E-state index in [2.05, 4.69) is 28.3 Å². The Labute approximate surface area is 109 Å². The quantitative estimate of drug-likeness (QED) is 0.859. The molecular weight excluding hydrogens is 224 g/mol. The van der Waals surface area contributed by atoms with Crippen LogP contribution in [0, 0.1) is 6.92 Å². The summed E-state index contributed by atoms with van der Waals surface area (Å²) in [4.78, 5) is 8.90. The van der Waals surface area contributed by atoms with Gasteiger partial charge in [0.1, 0.15) is 11.6 Å². The largest absolute Gasteiger partial charge is 0.363 e. The fourth-order valence-corrected chi connectivity index (χ4v) is 2.76. The molecule has 1 aromatic heterocycles. The Kier molecular flexibility index (Phi) is 4.17. The Bertz CT molecular complexity index is 397. The molecule has 1 aliphatic carbocycles. The van der Waals surface area contributed by atoms with Gasteiger partial charge in [0, 0.05) is 18.3 Å². The van der Waals surface area contributed by atoms with Gasteiger partial charge >= 0.3 is 0 Å². The van der Waals surface area contributed by atoms with E-state index < -0.39 is 0 Å². The first-order valence-corrected chi connectivity index (χ1v) is 7.00. The van der Waals surface area contributed by atoms with Crippen molar-refractivity contribution in [3.63, 3.8) is 0 Å². The summed E-state index contributed by atoms with van der Waals surface area (Å²) in [6, 6.07) is 2.05. The molecule has 4 heteroatoms. The van der Waals surface area contributed by atoms with Crippen LogP contribution < -0.4 is 11.1 Å². The first-order chi connectivity index (χ1) is 8.67. The van der Waals surface area contributed by atoms with Crippen LogP contribution in [0.2, 0.25) is 0 Å². The molecule has 4 nitrogen and oxygen atoms in total. The summed E-state index contributed by atoms with van der Waals surface area (Å²) in [5, 5.41) is 3.58. The van der Waals surface area contributed by atoms with Gasteiger partial charge in [-0.2, -0.15) is 0 Å². The second-order valence-corrected chi connectivity index (χ2v) is 5.32. The number of hydrogen-bond donors (Lipinski definition) is 2. The van der Waals surface area contributed by atoms with E-state index in [1.165, 1.54) is 19.3 Å². The van der Waals surface area contributed by atoms with Crippen LogP contribution in [0.5, 0.6) is 0 Å². The molecule has 0 aliphatic heterocycles. The molecule has 2 rings (SSSR count). The molecule has 0 aromatic carbocycles. The maximum absolute atomic E-state index is 5.99. The minimum atomic E-state index is 0.0457. The number of nitrogens with zero attached hydrogens (tertiary/aromatic N) is 2. The zero-order valence-corrected chi connectivity index (χ0v) is 11.5. The highest BCUT2D eigenvalue weighted by Crippen LogP contribution is 2.30. The van der Waals surface area contributed by atoms with Crippen molar-refractivity contribution >= 4 is 5.82 Å². The first-order valence-electron chi connectivity index (χ1n) is 7.00. The van der Waals surface area contributed by atoms with E-state index in [1.807, 2.05) is 6.92 Å². The third kappa shape index (κ3) is 2.99. The highest BCUT2D eigenvalue weighted by molar-refractivity contribution is 5.39. The molecule has 0 atom stereocenters. The van der Waals surface area contributed by atoms with Crippen molar-refractivity contribution in [2.24, 2.45) is 5.73 Å². The molecule has 0 radical (unpaired) electrons. The van der Waals surface area contributed by atoms with Gasteiger partial charge in [-0.3, -0.25) is 0 Å². The van der Waals surface area contributed by atoms with Crippen LogP contribution in [-0.2, 0) is 6.42 Å². The van der Waals surface area contributed by atoms with Crippen molar-refractivity contribution in [1.82, 2.24) is 9.97 Å². The van der Waals surface area contributed by atoms with Crippen LogP contribution in [0.25, 0.3) is 0 Å². The molecule has 100 valence electrons. The van der Waals surface area contributed by atoms with Gasteiger partial charge in [0.25, 0.3) is 0 Å². The normalized spacial score (nSPS) is 18.6. The molecule has 1 aliphatic rings. The second kappa shape index (κ2) is 5.65. The van der Waals surface area contributed by atoms with Crippen molar-refractivity contribution in [3.05, 3.63) is 17.6 Å². The fourth-order valence-electron chi connectivity index (χ4n) is 2.76. The van der Waals surface area contributed by atoms with Crippen LogP contribution in [0.3, 0.4) is 0 Å². The van der Waals surface area contributed by atoms with E-state index in [4.69, 9.17) is 5.73 Å². The predicted octanol–water partition coefficient (Wildman–Crippen LogP) is 2.42. The van der Waals surface area contributed by atoms with Gasteiger partial charge < -0.3 is 11.1 Å². The summed E-state index contributed by atoms with van der Waals surface area (Å²) in [7, 11) is 0. The predicted molar refractivity (Wildman–Crippen MR) is 74.6 cm³/mol. The standard InChI is InChI=1S/C14H24N4/c1-3-12-9-13(17-11(2)16-12)18-14(10-15)7-5-4-6-8-14/h9H,3-8,10,15H2,1-2H3,(H,16,17,18). The average Bonchev–Trinajstić information content (AvgIpc) is 2.39. The van der Waals surface area contributed by atoms with Crippen molar-refractivity contribution in [1.29, 1.82) is 0 Å². The monoisotopic (exact) mass is 248 g/mol. The summed E-state index contributed by atoms with van der Waals surface area (Å²) in [5.41, 5.74) is 7.13.